The maximum absolute atomic E-state index is 5.69. The minimum Gasteiger partial charge on any atom is -0.457 e. The molecule has 0 aliphatic carbocycles. The largest absolute Gasteiger partial charge is 0.457 e. The van der Waals surface area contributed by atoms with Gasteiger partial charge in [-0.25, -0.2) is 0 Å². The van der Waals surface area contributed by atoms with Crippen molar-refractivity contribution in [3.05, 3.63) is 47.2 Å². The molecule has 0 amide bonds. The van der Waals surface area contributed by atoms with E-state index >= 15 is 0 Å². The van der Waals surface area contributed by atoms with E-state index in [0.29, 0.717) is 0 Å². The number of fused-ring (bicyclic) bond motifs is 1. The van der Waals surface area contributed by atoms with Crippen LogP contribution in [-0.2, 0) is 0 Å². The van der Waals surface area contributed by atoms with Crippen molar-refractivity contribution in [2.45, 2.75) is 13.8 Å². The second kappa shape index (κ2) is 3.09. The lowest BCUT2D eigenvalue weighted by Gasteiger charge is -2.15. The van der Waals surface area contributed by atoms with Crippen LogP contribution in [0, 0.1) is 0 Å². The highest BCUT2D eigenvalue weighted by Crippen LogP contribution is 2.27. The molecule has 0 saturated heterocycles. The van der Waals surface area contributed by atoms with Gasteiger partial charge in [-0.2, -0.15) is 0 Å². The van der Waals surface area contributed by atoms with Gasteiger partial charge in [-0.3, -0.25) is 0 Å². The zero-order valence-corrected chi connectivity index (χ0v) is 7.87. The summed E-state index contributed by atoms with van der Waals surface area (Å²) in [6.07, 6.45) is 4.10. The minimum atomic E-state index is 0.946. The van der Waals surface area contributed by atoms with E-state index in [1.165, 1.54) is 5.57 Å². The van der Waals surface area contributed by atoms with Crippen LogP contribution in [0.4, 0.5) is 0 Å². The lowest BCUT2D eigenvalue weighted by Crippen LogP contribution is -2.00. The monoisotopic (exact) mass is 172 g/mol. The molecular formula is C12H12O. The van der Waals surface area contributed by atoms with Crippen molar-refractivity contribution in [1.82, 2.24) is 0 Å². The fraction of sp³-hybridized carbons (Fsp3) is 0.167. The smallest absolute Gasteiger partial charge is 0.134 e. The molecule has 0 unspecified atom stereocenters. The van der Waals surface area contributed by atoms with E-state index in [1.54, 1.807) is 0 Å². The van der Waals surface area contributed by atoms with Crippen molar-refractivity contribution < 1.29 is 4.74 Å². The van der Waals surface area contributed by atoms with Crippen molar-refractivity contribution in [2.24, 2.45) is 0 Å². The molecule has 0 saturated carbocycles. The van der Waals surface area contributed by atoms with Gasteiger partial charge in [0.2, 0.25) is 0 Å². The Morgan fingerprint density at radius 3 is 2.62 bits per heavy atom. The lowest BCUT2D eigenvalue weighted by molar-refractivity contribution is 0.433. The van der Waals surface area contributed by atoms with Crippen molar-refractivity contribution >= 4 is 6.08 Å². The predicted molar refractivity (Wildman–Crippen MR) is 54.5 cm³/mol. The van der Waals surface area contributed by atoms with Crippen LogP contribution in [0.1, 0.15) is 19.4 Å². The summed E-state index contributed by atoms with van der Waals surface area (Å²) in [6, 6.07) is 8.04. The van der Waals surface area contributed by atoms with Crippen LogP contribution in [0.5, 0.6) is 5.75 Å². The molecule has 1 aromatic rings. The van der Waals surface area contributed by atoms with Gasteiger partial charge in [0, 0.05) is 5.56 Å². The van der Waals surface area contributed by atoms with Crippen LogP contribution >= 0.6 is 0 Å². The van der Waals surface area contributed by atoms with Crippen LogP contribution in [0.3, 0.4) is 0 Å². The number of allylic oxidation sites excluding steroid dienone is 2. The molecule has 1 aromatic carbocycles. The molecule has 0 N–H and O–H groups in total. The second-order valence-corrected chi connectivity index (χ2v) is 3.34. The Morgan fingerprint density at radius 2 is 1.85 bits per heavy atom. The highest BCUT2D eigenvalue weighted by Gasteiger charge is 2.08. The Balaban J connectivity index is 2.46. The van der Waals surface area contributed by atoms with Gasteiger partial charge in [0.1, 0.15) is 11.5 Å². The molecule has 1 aliphatic heterocycles. The summed E-state index contributed by atoms with van der Waals surface area (Å²) in [5.74, 6) is 1.90. The molecule has 2 rings (SSSR count). The molecule has 0 atom stereocenters. The Morgan fingerprint density at radius 1 is 1.08 bits per heavy atom. The van der Waals surface area contributed by atoms with E-state index in [9.17, 15) is 0 Å². The molecule has 1 heterocycles. The summed E-state index contributed by atoms with van der Waals surface area (Å²) in [5, 5.41) is 0. The third-order valence-corrected chi connectivity index (χ3v) is 2.05. The van der Waals surface area contributed by atoms with Crippen LogP contribution in [-0.4, -0.2) is 0 Å². The van der Waals surface area contributed by atoms with E-state index in [0.717, 1.165) is 17.1 Å². The van der Waals surface area contributed by atoms with Crippen LogP contribution < -0.4 is 4.74 Å². The zero-order chi connectivity index (χ0) is 9.26. The summed E-state index contributed by atoms with van der Waals surface area (Å²) >= 11 is 0. The first-order valence-electron chi connectivity index (χ1n) is 4.40. The fourth-order valence-electron chi connectivity index (χ4n) is 1.30. The third-order valence-electron chi connectivity index (χ3n) is 2.05. The molecule has 0 bridgehead atoms. The van der Waals surface area contributed by atoms with E-state index in [2.05, 4.69) is 6.08 Å². The average Bonchev–Trinajstić information content (AvgIpc) is 2.17. The molecule has 0 radical (unpaired) electrons. The van der Waals surface area contributed by atoms with Gasteiger partial charge in [0.05, 0.1) is 0 Å². The maximum Gasteiger partial charge on any atom is 0.134 e. The first kappa shape index (κ1) is 8.11. The van der Waals surface area contributed by atoms with Gasteiger partial charge in [-0.05, 0) is 37.6 Å². The fourth-order valence-corrected chi connectivity index (χ4v) is 1.30. The molecule has 0 aromatic heterocycles. The number of hydrogen-bond donors (Lipinski definition) is 0. The minimum absolute atomic E-state index is 0.946. The highest BCUT2D eigenvalue weighted by molar-refractivity contribution is 5.62. The summed E-state index contributed by atoms with van der Waals surface area (Å²) in [6.45, 7) is 4.10. The van der Waals surface area contributed by atoms with E-state index in [-0.39, 0.29) is 0 Å². The second-order valence-electron chi connectivity index (χ2n) is 3.34. The summed E-state index contributed by atoms with van der Waals surface area (Å²) < 4.78 is 5.69. The number of ether oxygens (including phenoxy) is 1. The summed E-state index contributed by atoms with van der Waals surface area (Å²) in [7, 11) is 0. The standard InChI is InChI=1S/C12H12O/c1-9(2)11-8-7-10-5-3-4-6-12(10)13-11/h3-8H,1-2H3. The summed E-state index contributed by atoms with van der Waals surface area (Å²) in [4.78, 5) is 0. The molecular weight excluding hydrogens is 160 g/mol. The number of benzene rings is 1. The highest BCUT2D eigenvalue weighted by atomic mass is 16.5. The van der Waals surface area contributed by atoms with Crippen molar-refractivity contribution in [3.63, 3.8) is 0 Å². The molecule has 1 nitrogen and oxygen atoms in total. The Labute approximate surface area is 78.3 Å². The van der Waals surface area contributed by atoms with Crippen LogP contribution in [0.25, 0.3) is 6.08 Å². The predicted octanol–water partition coefficient (Wildman–Crippen LogP) is 3.39. The van der Waals surface area contributed by atoms with Crippen LogP contribution in [0.2, 0.25) is 0 Å². The van der Waals surface area contributed by atoms with E-state index < -0.39 is 0 Å². The molecule has 1 heteroatoms. The van der Waals surface area contributed by atoms with Crippen molar-refractivity contribution in [1.29, 1.82) is 0 Å². The average molecular weight is 172 g/mol. The van der Waals surface area contributed by atoms with Gasteiger partial charge in [0.15, 0.2) is 0 Å². The van der Waals surface area contributed by atoms with Gasteiger partial charge in [-0.15, -0.1) is 0 Å². The Kier molecular flexibility index (Phi) is 1.93. The molecule has 1 aliphatic rings. The van der Waals surface area contributed by atoms with Crippen molar-refractivity contribution in [2.75, 3.05) is 0 Å². The van der Waals surface area contributed by atoms with Crippen LogP contribution in [0.15, 0.2) is 41.7 Å². The number of hydrogen-bond acceptors (Lipinski definition) is 1. The Bertz CT molecular complexity index is 382. The lowest BCUT2D eigenvalue weighted by atomic mass is 10.1. The molecule has 66 valence electrons. The first-order valence-corrected chi connectivity index (χ1v) is 4.40. The molecule has 0 fully saturated rings. The van der Waals surface area contributed by atoms with E-state index in [4.69, 9.17) is 4.74 Å². The SMILES string of the molecule is CC(C)=C1C=Cc2ccccc2O1. The van der Waals surface area contributed by atoms with Gasteiger partial charge in [0.25, 0.3) is 0 Å². The summed E-state index contributed by atoms with van der Waals surface area (Å²) in [5.41, 5.74) is 2.35. The zero-order valence-electron chi connectivity index (χ0n) is 7.87. The Hall–Kier alpha value is -1.50. The quantitative estimate of drug-likeness (QED) is 0.583. The van der Waals surface area contributed by atoms with E-state index in [1.807, 2.05) is 44.2 Å². The van der Waals surface area contributed by atoms with Gasteiger partial charge < -0.3 is 4.74 Å². The maximum atomic E-state index is 5.69. The first-order chi connectivity index (χ1) is 6.27. The molecule has 0 spiro atoms. The normalized spacial score (nSPS) is 13.5. The topological polar surface area (TPSA) is 9.23 Å². The number of para-hydroxylation sites is 1. The van der Waals surface area contributed by atoms with Gasteiger partial charge >= 0.3 is 0 Å². The third kappa shape index (κ3) is 1.50. The number of rotatable bonds is 0. The molecule has 13 heavy (non-hydrogen) atoms. The van der Waals surface area contributed by atoms with Crippen molar-refractivity contribution in [3.8, 4) is 5.75 Å². The van der Waals surface area contributed by atoms with Gasteiger partial charge in [-0.1, -0.05) is 18.2 Å².